The minimum absolute atomic E-state index is 0.152. The van der Waals surface area contributed by atoms with Crippen molar-refractivity contribution in [3.63, 3.8) is 0 Å². The van der Waals surface area contributed by atoms with Gasteiger partial charge < -0.3 is 11.1 Å². The number of aryl methyl sites for hydroxylation is 1. The van der Waals surface area contributed by atoms with E-state index in [0.29, 0.717) is 10.7 Å². The van der Waals surface area contributed by atoms with Gasteiger partial charge in [0.1, 0.15) is 12.6 Å². The van der Waals surface area contributed by atoms with Crippen LogP contribution in [0.2, 0.25) is 5.02 Å². The fourth-order valence-electron chi connectivity index (χ4n) is 1.83. The maximum atomic E-state index is 12.2. The number of pyridine rings is 1. The second kappa shape index (κ2) is 5.71. The smallest absolute Gasteiger partial charge is 0.314 e. The molecular weight excluding hydrogens is 278 g/mol. The number of hydrogen-bond donors (Lipinski definition) is 2. The number of carbonyl (C=O) groups is 2. The van der Waals surface area contributed by atoms with Crippen LogP contribution in [0.4, 0.5) is 5.69 Å². The summed E-state index contributed by atoms with van der Waals surface area (Å²) in [6.07, 6.45) is 1.65. The third-order valence-corrected chi connectivity index (χ3v) is 3.01. The first-order valence-electron chi connectivity index (χ1n) is 5.84. The molecule has 1 heterocycles. The number of rotatable bonds is 3. The van der Waals surface area contributed by atoms with Crippen molar-refractivity contribution in [3.05, 3.63) is 58.9 Å². The molecule has 0 radical (unpaired) electrons. The first-order valence-corrected chi connectivity index (χ1v) is 6.22. The van der Waals surface area contributed by atoms with Gasteiger partial charge in [0.05, 0.1) is 0 Å². The van der Waals surface area contributed by atoms with Crippen molar-refractivity contribution >= 4 is 29.1 Å². The largest absolute Gasteiger partial charge is 0.360 e. The van der Waals surface area contributed by atoms with Crippen LogP contribution in [0.15, 0.2) is 42.6 Å². The predicted molar refractivity (Wildman–Crippen MR) is 75.5 cm³/mol. The van der Waals surface area contributed by atoms with E-state index in [4.69, 9.17) is 17.3 Å². The molecule has 0 aliphatic rings. The molecule has 102 valence electrons. The summed E-state index contributed by atoms with van der Waals surface area (Å²) in [5.74, 6) is -1.06. The molecule has 3 N–H and O–H groups in total. The first-order chi connectivity index (χ1) is 9.49. The lowest BCUT2D eigenvalue weighted by Crippen LogP contribution is -2.41. The first kappa shape index (κ1) is 14.0. The van der Waals surface area contributed by atoms with Crippen molar-refractivity contribution in [3.8, 4) is 0 Å². The number of aromatic nitrogens is 1. The van der Waals surface area contributed by atoms with Crippen molar-refractivity contribution in [1.82, 2.24) is 0 Å². The van der Waals surface area contributed by atoms with Gasteiger partial charge in [-0.05, 0) is 30.3 Å². The van der Waals surface area contributed by atoms with Gasteiger partial charge in [-0.2, -0.15) is 4.57 Å². The Morgan fingerprint density at radius 2 is 1.85 bits per heavy atom. The van der Waals surface area contributed by atoms with E-state index < -0.39 is 11.8 Å². The summed E-state index contributed by atoms with van der Waals surface area (Å²) in [6, 6.07) is 9.89. The normalized spacial score (nSPS) is 10.1. The van der Waals surface area contributed by atoms with E-state index in [9.17, 15) is 9.59 Å². The van der Waals surface area contributed by atoms with E-state index in [-0.39, 0.29) is 11.3 Å². The minimum atomic E-state index is -0.658. The van der Waals surface area contributed by atoms with Gasteiger partial charge in [-0.3, -0.25) is 9.59 Å². The number of amides is 2. The Labute approximate surface area is 121 Å². The van der Waals surface area contributed by atoms with E-state index in [2.05, 4.69) is 5.32 Å². The Bertz CT molecular complexity index is 669. The van der Waals surface area contributed by atoms with Gasteiger partial charge in [0.2, 0.25) is 0 Å². The highest BCUT2D eigenvalue weighted by atomic mass is 35.5. The van der Waals surface area contributed by atoms with Gasteiger partial charge >= 0.3 is 5.91 Å². The van der Waals surface area contributed by atoms with Crippen LogP contribution in [0.3, 0.4) is 0 Å². The fourth-order valence-corrected chi connectivity index (χ4v) is 1.96. The topological polar surface area (TPSA) is 76.1 Å². The molecule has 2 amide bonds. The standard InChI is InChI=1S/C14H12ClN3O2/c1-18-8-2-3-11(12(18)13(16)19)14(20)17-10-6-4-9(15)5-7-10/h2-8H,1H3,(H2-,16,17,19,20)/p+1. The lowest BCUT2D eigenvalue weighted by atomic mass is 10.1. The molecule has 5 nitrogen and oxygen atoms in total. The molecule has 1 aromatic carbocycles. The minimum Gasteiger partial charge on any atom is -0.360 e. The van der Waals surface area contributed by atoms with Crippen LogP contribution in [0.25, 0.3) is 0 Å². The molecule has 2 aromatic rings. The Hall–Kier alpha value is -2.40. The van der Waals surface area contributed by atoms with Gasteiger partial charge in [0, 0.05) is 16.8 Å². The number of nitrogens with one attached hydrogen (secondary N) is 1. The van der Waals surface area contributed by atoms with Gasteiger partial charge in [0.25, 0.3) is 11.6 Å². The van der Waals surface area contributed by atoms with Crippen LogP contribution < -0.4 is 15.6 Å². The highest BCUT2D eigenvalue weighted by molar-refractivity contribution is 6.30. The van der Waals surface area contributed by atoms with Gasteiger partial charge in [-0.25, -0.2) is 0 Å². The number of hydrogen-bond acceptors (Lipinski definition) is 2. The molecular formula is C14H13ClN3O2+. The average Bonchev–Trinajstić information content (AvgIpc) is 2.40. The molecule has 0 bridgehead atoms. The second-order valence-electron chi connectivity index (χ2n) is 4.21. The third kappa shape index (κ3) is 2.95. The van der Waals surface area contributed by atoms with E-state index >= 15 is 0 Å². The van der Waals surface area contributed by atoms with Crippen molar-refractivity contribution in [2.45, 2.75) is 0 Å². The van der Waals surface area contributed by atoms with E-state index in [1.165, 1.54) is 4.57 Å². The molecule has 1 aromatic heterocycles. The van der Waals surface area contributed by atoms with E-state index in [0.717, 1.165) is 0 Å². The summed E-state index contributed by atoms with van der Waals surface area (Å²) in [4.78, 5) is 23.7. The molecule has 0 spiro atoms. The lowest BCUT2D eigenvalue weighted by Gasteiger charge is -2.06. The van der Waals surface area contributed by atoms with Crippen LogP contribution >= 0.6 is 11.6 Å². The number of benzene rings is 1. The number of primary amides is 1. The quantitative estimate of drug-likeness (QED) is 0.841. The van der Waals surface area contributed by atoms with Crippen molar-refractivity contribution < 1.29 is 14.2 Å². The molecule has 0 aliphatic carbocycles. The fraction of sp³-hybridized carbons (Fsp3) is 0.0714. The third-order valence-electron chi connectivity index (χ3n) is 2.76. The molecule has 2 rings (SSSR count). The average molecular weight is 291 g/mol. The zero-order valence-corrected chi connectivity index (χ0v) is 11.5. The number of nitrogens with two attached hydrogens (primary N) is 1. The van der Waals surface area contributed by atoms with Crippen molar-refractivity contribution in [1.29, 1.82) is 0 Å². The highest BCUT2D eigenvalue weighted by Gasteiger charge is 2.24. The summed E-state index contributed by atoms with van der Waals surface area (Å²) < 4.78 is 1.51. The van der Waals surface area contributed by atoms with Crippen LogP contribution in [0, 0.1) is 0 Å². The van der Waals surface area contributed by atoms with Crippen LogP contribution in [-0.4, -0.2) is 11.8 Å². The van der Waals surface area contributed by atoms with Crippen LogP contribution in [-0.2, 0) is 7.05 Å². The molecule has 0 unspecified atom stereocenters. The van der Waals surface area contributed by atoms with Crippen LogP contribution in [0.5, 0.6) is 0 Å². The summed E-state index contributed by atoms with van der Waals surface area (Å²) in [6.45, 7) is 0. The summed E-state index contributed by atoms with van der Waals surface area (Å²) in [5.41, 5.74) is 6.27. The highest BCUT2D eigenvalue weighted by Crippen LogP contribution is 2.15. The Kier molecular flexibility index (Phi) is 4.00. The SMILES string of the molecule is C[n+]1cccc(C(=O)Nc2ccc(Cl)cc2)c1C(N)=O. The zero-order valence-electron chi connectivity index (χ0n) is 10.8. The summed E-state index contributed by atoms with van der Waals surface area (Å²) in [5, 5.41) is 3.27. The zero-order chi connectivity index (χ0) is 14.7. The second-order valence-corrected chi connectivity index (χ2v) is 4.64. The number of anilines is 1. The number of halogens is 1. The number of carbonyl (C=O) groups excluding carboxylic acids is 2. The van der Waals surface area contributed by atoms with Gasteiger partial charge in [-0.15, -0.1) is 0 Å². The van der Waals surface area contributed by atoms with E-state index in [1.807, 2.05) is 0 Å². The molecule has 0 aliphatic heterocycles. The molecule has 0 fully saturated rings. The lowest BCUT2D eigenvalue weighted by molar-refractivity contribution is -0.673. The van der Waals surface area contributed by atoms with Crippen LogP contribution in [0.1, 0.15) is 20.8 Å². The maximum Gasteiger partial charge on any atom is 0.314 e. The molecule has 0 atom stereocenters. The molecule has 0 saturated heterocycles. The van der Waals surface area contributed by atoms with Gasteiger partial charge in [-0.1, -0.05) is 11.6 Å². The Balaban J connectivity index is 2.32. The van der Waals surface area contributed by atoms with Crippen molar-refractivity contribution in [2.24, 2.45) is 12.8 Å². The molecule has 0 saturated carbocycles. The molecule has 6 heteroatoms. The molecule has 20 heavy (non-hydrogen) atoms. The Morgan fingerprint density at radius 1 is 1.20 bits per heavy atom. The van der Waals surface area contributed by atoms with Crippen molar-refractivity contribution in [2.75, 3.05) is 5.32 Å². The number of nitrogens with zero attached hydrogens (tertiary/aromatic N) is 1. The monoisotopic (exact) mass is 290 g/mol. The van der Waals surface area contributed by atoms with Gasteiger partial charge in [0.15, 0.2) is 6.20 Å². The summed E-state index contributed by atoms with van der Waals surface area (Å²) in [7, 11) is 1.65. The predicted octanol–water partition coefficient (Wildman–Crippen LogP) is 1.52. The Morgan fingerprint density at radius 3 is 2.45 bits per heavy atom. The summed E-state index contributed by atoms with van der Waals surface area (Å²) >= 11 is 5.78. The maximum absolute atomic E-state index is 12.2. The van der Waals surface area contributed by atoms with E-state index in [1.54, 1.807) is 49.6 Å².